The number of nitro groups is 1. The van der Waals surface area contributed by atoms with E-state index in [2.05, 4.69) is 10.3 Å². The highest BCUT2D eigenvalue weighted by Gasteiger charge is 2.17. The summed E-state index contributed by atoms with van der Waals surface area (Å²) in [6.07, 6.45) is 1.05. The van der Waals surface area contributed by atoms with Gasteiger partial charge in [-0.3, -0.25) is 14.9 Å². The Balaban J connectivity index is 2.21. The lowest BCUT2D eigenvalue weighted by atomic mass is 10.1. The number of halogens is 1. The molecule has 2 rings (SSSR count). The van der Waals surface area contributed by atoms with E-state index in [-0.39, 0.29) is 28.0 Å². The Morgan fingerprint density at radius 2 is 2.04 bits per heavy atom. The summed E-state index contributed by atoms with van der Waals surface area (Å²) in [5.74, 6) is 0.131. The lowest BCUT2D eigenvalue weighted by molar-refractivity contribution is -0.385. The third-order valence-electron chi connectivity index (χ3n) is 2.80. The highest BCUT2D eigenvalue weighted by atomic mass is 35.5. The summed E-state index contributed by atoms with van der Waals surface area (Å²) in [5, 5.41) is 13.5. The van der Waals surface area contributed by atoms with Gasteiger partial charge in [-0.15, -0.1) is 0 Å². The summed E-state index contributed by atoms with van der Waals surface area (Å²) in [6, 6.07) is 7.64. The zero-order valence-electron chi connectivity index (χ0n) is 13.4. The van der Waals surface area contributed by atoms with Gasteiger partial charge in [0.25, 0.3) is 11.6 Å². The van der Waals surface area contributed by atoms with Crippen LogP contribution in [0.1, 0.15) is 31.1 Å². The van der Waals surface area contributed by atoms with E-state index in [1.807, 2.05) is 20.8 Å². The minimum atomic E-state index is -0.597. The first-order valence-corrected chi connectivity index (χ1v) is 7.44. The highest BCUT2D eigenvalue weighted by Crippen LogP contribution is 2.30. The predicted octanol–water partition coefficient (Wildman–Crippen LogP) is 3.96. The SMILES string of the molecule is CC(C)(C)NC(=O)c1cccc(Oc2ncc([N+](=O)[O-])cc2Cl)c1. The molecule has 0 radical (unpaired) electrons. The van der Waals surface area contributed by atoms with E-state index in [0.29, 0.717) is 11.3 Å². The molecule has 0 saturated carbocycles. The van der Waals surface area contributed by atoms with Gasteiger partial charge in [0.05, 0.1) is 4.92 Å². The number of ether oxygens (including phenoxy) is 1. The lowest BCUT2D eigenvalue weighted by Gasteiger charge is -2.20. The van der Waals surface area contributed by atoms with Crippen LogP contribution < -0.4 is 10.1 Å². The van der Waals surface area contributed by atoms with Crippen molar-refractivity contribution in [1.82, 2.24) is 10.3 Å². The van der Waals surface area contributed by atoms with Gasteiger partial charge in [0.1, 0.15) is 17.0 Å². The lowest BCUT2D eigenvalue weighted by Crippen LogP contribution is -2.40. The predicted molar refractivity (Wildman–Crippen MR) is 89.6 cm³/mol. The number of benzene rings is 1. The number of nitrogens with one attached hydrogen (secondary N) is 1. The number of nitrogens with zero attached hydrogens (tertiary/aromatic N) is 2. The number of rotatable bonds is 4. The van der Waals surface area contributed by atoms with Crippen molar-refractivity contribution in [3.63, 3.8) is 0 Å². The van der Waals surface area contributed by atoms with E-state index in [0.717, 1.165) is 12.3 Å². The molecule has 24 heavy (non-hydrogen) atoms. The highest BCUT2D eigenvalue weighted by molar-refractivity contribution is 6.32. The second-order valence-corrected chi connectivity index (χ2v) is 6.48. The van der Waals surface area contributed by atoms with E-state index >= 15 is 0 Å². The molecule has 1 aromatic heterocycles. The van der Waals surface area contributed by atoms with E-state index in [4.69, 9.17) is 16.3 Å². The normalized spacial score (nSPS) is 11.0. The molecule has 126 valence electrons. The molecule has 0 fully saturated rings. The van der Waals surface area contributed by atoms with Crippen LogP contribution in [0.15, 0.2) is 36.5 Å². The summed E-state index contributed by atoms with van der Waals surface area (Å²) in [6.45, 7) is 5.64. The molecular formula is C16H16ClN3O4. The molecule has 0 unspecified atom stereocenters. The fourth-order valence-corrected chi connectivity index (χ4v) is 2.01. The van der Waals surface area contributed by atoms with E-state index in [1.54, 1.807) is 24.3 Å². The minimum Gasteiger partial charge on any atom is -0.438 e. The van der Waals surface area contributed by atoms with E-state index in [9.17, 15) is 14.9 Å². The van der Waals surface area contributed by atoms with Gasteiger partial charge in [-0.05, 0) is 39.0 Å². The van der Waals surface area contributed by atoms with Crippen LogP contribution in [0.25, 0.3) is 0 Å². The number of hydrogen-bond acceptors (Lipinski definition) is 5. The zero-order chi connectivity index (χ0) is 17.9. The smallest absolute Gasteiger partial charge is 0.289 e. The molecule has 0 atom stereocenters. The van der Waals surface area contributed by atoms with Crippen LogP contribution in [0.3, 0.4) is 0 Å². The molecular weight excluding hydrogens is 334 g/mol. The standard InChI is InChI=1S/C16H16ClN3O4/c1-16(2,3)19-14(21)10-5-4-6-12(7-10)24-15-13(17)8-11(9-18-15)20(22)23/h4-9H,1-3H3,(H,19,21). The molecule has 0 spiro atoms. The molecule has 0 aliphatic heterocycles. The number of pyridine rings is 1. The second-order valence-electron chi connectivity index (χ2n) is 6.07. The first kappa shape index (κ1) is 17.7. The molecule has 7 nitrogen and oxygen atoms in total. The maximum absolute atomic E-state index is 12.2. The van der Waals surface area contributed by atoms with Gasteiger partial charge in [-0.1, -0.05) is 17.7 Å². The fraction of sp³-hybridized carbons (Fsp3) is 0.250. The average molecular weight is 350 g/mol. The van der Waals surface area contributed by atoms with Gasteiger partial charge in [-0.2, -0.15) is 0 Å². The Morgan fingerprint density at radius 1 is 1.33 bits per heavy atom. The van der Waals surface area contributed by atoms with Crippen molar-refractivity contribution in [3.05, 3.63) is 57.2 Å². The quantitative estimate of drug-likeness (QED) is 0.665. The Kier molecular flexibility index (Phi) is 5.04. The molecule has 1 aromatic carbocycles. The molecule has 8 heteroatoms. The summed E-state index contributed by atoms with van der Waals surface area (Å²) in [4.78, 5) is 26.1. The van der Waals surface area contributed by atoms with Crippen LogP contribution in [0.5, 0.6) is 11.6 Å². The largest absolute Gasteiger partial charge is 0.438 e. The molecule has 2 aromatic rings. The van der Waals surface area contributed by atoms with Crippen molar-refractivity contribution in [2.24, 2.45) is 0 Å². The number of hydrogen-bond donors (Lipinski definition) is 1. The second kappa shape index (κ2) is 6.84. The first-order chi connectivity index (χ1) is 11.2. The first-order valence-electron chi connectivity index (χ1n) is 7.06. The summed E-state index contributed by atoms with van der Waals surface area (Å²) >= 11 is 5.94. The van der Waals surface area contributed by atoms with Crippen LogP contribution in [0, 0.1) is 10.1 Å². The topological polar surface area (TPSA) is 94.4 Å². The van der Waals surface area contributed by atoms with Gasteiger partial charge >= 0.3 is 0 Å². The molecule has 0 aliphatic carbocycles. The van der Waals surface area contributed by atoms with E-state index in [1.165, 1.54) is 0 Å². The number of carbonyl (C=O) groups is 1. The van der Waals surface area contributed by atoms with E-state index < -0.39 is 4.92 Å². The van der Waals surface area contributed by atoms with Crippen LogP contribution >= 0.6 is 11.6 Å². The van der Waals surface area contributed by atoms with Crippen molar-refractivity contribution in [2.75, 3.05) is 0 Å². The monoisotopic (exact) mass is 349 g/mol. The Hall–Kier alpha value is -2.67. The van der Waals surface area contributed by atoms with Gasteiger partial charge < -0.3 is 10.1 Å². The third-order valence-corrected chi connectivity index (χ3v) is 3.07. The molecule has 1 N–H and O–H groups in total. The van der Waals surface area contributed by atoms with Crippen molar-refractivity contribution in [3.8, 4) is 11.6 Å². The third kappa shape index (κ3) is 4.66. The summed E-state index contributed by atoms with van der Waals surface area (Å²) in [7, 11) is 0. The van der Waals surface area contributed by atoms with Crippen LogP contribution in [0.2, 0.25) is 5.02 Å². The number of amides is 1. The average Bonchev–Trinajstić information content (AvgIpc) is 2.47. The van der Waals surface area contributed by atoms with Gasteiger partial charge in [0.15, 0.2) is 0 Å². The van der Waals surface area contributed by atoms with Crippen molar-refractivity contribution < 1.29 is 14.5 Å². The van der Waals surface area contributed by atoms with Gasteiger partial charge in [0, 0.05) is 17.2 Å². The minimum absolute atomic E-state index is 0.00810. The molecule has 0 bridgehead atoms. The number of carbonyl (C=O) groups excluding carboxylic acids is 1. The van der Waals surface area contributed by atoms with Crippen molar-refractivity contribution in [2.45, 2.75) is 26.3 Å². The summed E-state index contributed by atoms with van der Waals surface area (Å²) in [5.41, 5.74) is -0.178. The molecule has 1 amide bonds. The molecule has 0 aliphatic rings. The summed E-state index contributed by atoms with van der Waals surface area (Å²) < 4.78 is 5.52. The van der Waals surface area contributed by atoms with Crippen molar-refractivity contribution in [1.29, 1.82) is 0 Å². The zero-order valence-corrected chi connectivity index (χ0v) is 14.1. The van der Waals surface area contributed by atoms with Crippen molar-refractivity contribution >= 4 is 23.2 Å². The Labute approximate surface area is 143 Å². The molecule has 1 heterocycles. The van der Waals surface area contributed by atoms with Gasteiger partial charge in [-0.25, -0.2) is 4.98 Å². The fourth-order valence-electron chi connectivity index (χ4n) is 1.82. The van der Waals surface area contributed by atoms with Crippen LogP contribution in [0.4, 0.5) is 5.69 Å². The molecule has 0 saturated heterocycles. The van der Waals surface area contributed by atoms with Crippen LogP contribution in [-0.2, 0) is 0 Å². The maximum Gasteiger partial charge on any atom is 0.289 e. The Morgan fingerprint density at radius 3 is 2.62 bits per heavy atom. The van der Waals surface area contributed by atoms with Crippen LogP contribution in [-0.4, -0.2) is 21.4 Å². The number of aromatic nitrogens is 1. The Bertz CT molecular complexity index is 787. The maximum atomic E-state index is 12.2. The van der Waals surface area contributed by atoms with Gasteiger partial charge in [0.2, 0.25) is 5.88 Å².